The summed E-state index contributed by atoms with van der Waals surface area (Å²) in [6, 6.07) is -0.114. The van der Waals surface area contributed by atoms with Crippen LogP contribution in [0.5, 0.6) is 0 Å². The monoisotopic (exact) mass is 335 g/mol. The minimum atomic E-state index is -3.52. The Morgan fingerprint density at radius 2 is 2.29 bits per heavy atom. The number of sulfonamides is 1. The van der Waals surface area contributed by atoms with Gasteiger partial charge in [0.25, 0.3) is 0 Å². The first-order valence-electron chi connectivity index (χ1n) is 7.21. The maximum Gasteiger partial charge on any atom is 0.246 e. The first-order chi connectivity index (χ1) is 9.98. The van der Waals surface area contributed by atoms with E-state index in [0.29, 0.717) is 25.6 Å². The van der Waals surface area contributed by atoms with Crippen LogP contribution in [0.25, 0.3) is 0 Å². The Bertz CT molecular complexity index is 561. The Kier molecular flexibility index (Phi) is 5.65. The van der Waals surface area contributed by atoms with Gasteiger partial charge < -0.3 is 4.74 Å². The molecule has 0 spiro atoms. The van der Waals surface area contributed by atoms with Crippen molar-refractivity contribution in [1.82, 2.24) is 14.1 Å². The molecule has 0 amide bonds. The molecule has 0 saturated carbocycles. The van der Waals surface area contributed by atoms with Crippen LogP contribution in [-0.2, 0) is 21.3 Å². The van der Waals surface area contributed by atoms with E-state index in [-0.39, 0.29) is 17.0 Å². The molecule has 0 bridgehead atoms. The van der Waals surface area contributed by atoms with Crippen molar-refractivity contribution >= 4 is 21.6 Å². The molecule has 0 radical (unpaired) electrons. The smallest absolute Gasteiger partial charge is 0.246 e. The lowest BCUT2D eigenvalue weighted by molar-refractivity contribution is -0.0230. The highest BCUT2D eigenvalue weighted by molar-refractivity contribution is 7.89. The molecule has 120 valence electrons. The average molecular weight is 336 g/mol. The summed E-state index contributed by atoms with van der Waals surface area (Å²) in [5, 5.41) is 4.11. The number of aryl methyl sites for hydroxylation is 1. The standard InChI is InChI=1S/C13H22ClN3O3S/c1-3-12-10-20-11(2)8-17(12)21(18,19)13-7-15-16(9-13)6-4-5-14/h7,9,11-12H,3-6,8,10H2,1-2H3. The van der Waals surface area contributed by atoms with E-state index in [4.69, 9.17) is 16.3 Å². The molecule has 0 aliphatic carbocycles. The predicted octanol–water partition coefficient (Wildman–Crippen LogP) is 1.70. The third kappa shape index (κ3) is 3.77. The van der Waals surface area contributed by atoms with E-state index in [1.54, 1.807) is 15.2 Å². The van der Waals surface area contributed by atoms with E-state index < -0.39 is 10.0 Å². The number of morpholine rings is 1. The third-order valence-corrected chi connectivity index (χ3v) is 5.76. The lowest BCUT2D eigenvalue weighted by Gasteiger charge is -2.36. The van der Waals surface area contributed by atoms with Crippen LogP contribution in [0.2, 0.25) is 0 Å². The summed E-state index contributed by atoms with van der Waals surface area (Å²) in [5.41, 5.74) is 0. The Balaban J connectivity index is 2.21. The Morgan fingerprint density at radius 3 is 2.95 bits per heavy atom. The molecule has 0 N–H and O–H groups in total. The van der Waals surface area contributed by atoms with Gasteiger partial charge in [0, 0.05) is 31.2 Å². The number of alkyl halides is 1. The normalized spacial score (nSPS) is 24.3. The van der Waals surface area contributed by atoms with Gasteiger partial charge in [0.15, 0.2) is 0 Å². The molecule has 1 fully saturated rings. The van der Waals surface area contributed by atoms with E-state index in [9.17, 15) is 8.42 Å². The first kappa shape index (κ1) is 16.7. The van der Waals surface area contributed by atoms with Gasteiger partial charge in [-0.2, -0.15) is 9.40 Å². The van der Waals surface area contributed by atoms with Crippen molar-refractivity contribution in [2.45, 2.75) is 50.3 Å². The molecule has 2 heterocycles. The third-order valence-electron chi connectivity index (χ3n) is 3.63. The van der Waals surface area contributed by atoms with Crippen LogP contribution in [-0.4, -0.2) is 53.7 Å². The molecule has 8 heteroatoms. The van der Waals surface area contributed by atoms with Crippen molar-refractivity contribution in [3.8, 4) is 0 Å². The van der Waals surface area contributed by atoms with Gasteiger partial charge in [-0.3, -0.25) is 4.68 Å². The number of halogens is 1. The lowest BCUT2D eigenvalue weighted by Crippen LogP contribution is -2.51. The van der Waals surface area contributed by atoms with Gasteiger partial charge in [-0.1, -0.05) is 6.92 Å². The minimum Gasteiger partial charge on any atom is -0.375 e. The van der Waals surface area contributed by atoms with Crippen LogP contribution >= 0.6 is 11.6 Å². The van der Waals surface area contributed by atoms with Crippen LogP contribution in [0.3, 0.4) is 0 Å². The molecule has 2 rings (SSSR count). The summed E-state index contributed by atoms with van der Waals surface area (Å²) in [7, 11) is -3.52. The van der Waals surface area contributed by atoms with Crippen LogP contribution < -0.4 is 0 Å². The van der Waals surface area contributed by atoms with E-state index in [1.807, 2.05) is 13.8 Å². The molecule has 2 unspecified atom stereocenters. The highest BCUT2D eigenvalue weighted by Crippen LogP contribution is 2.23. The molecular weight excluding hydrogens is 314 g/mol. The summed E-state index contributed by atoms with van der Waals surface area (Å²) in [4.78, 5) is 0.240. The summed E-state index contributed by atoms with van der Waals surface area (Å²) in [6.07, 6.45) is 4.39. The molecular formula is C13H22ClN3O3S. The van der Waals surface area contributed by atoms with Crippen molar-refractivity contribution in [3.05, 3.63) is 12.4 Å². The number of hydrogen-bond donors (Lipinski definition) is 0. The fraction of sp³-hybridized carbons (Fsp3) is 0.769. The SMILES string of the molecule is CCC1COC(C)CN1S(=O)(=O)c1cnn(CCCCl)c1. The number of aromatic nitrogens is 2. The summed E-state index contributed by atoms with van der Waals surface area (Å²) < 4.78 is 34.3. The number of hydrogen-bond acceptors (Lipinski definition) is 4. The molecule has 2 atom stereocenters. The topological polar surface area (TPSA) is 64.4 Å². The van der Waals surface area contributed by atoms with Gasteiger partial charge in [-0.25, -0.2) is 8.42 Å². The zero-order chi connectivity index (χ0) is 15.5. The van der Waals surface area contributed by atoms with Crippen molar-refractivity contribution in [2.24, 2.45) is 0 Å². The quantitative estimate of drug-likeness (QED) is 0.742. The first-order valence-corrected chi connectivity index (χ1v) is 9.18. The minimum absolute atomic E-state index is 0.0890. The molecule has 1 aliphatic rings. The molecule has 1 aliphatic heterocycles. The summed E-state index contributed by atoms with van der Waals surface area (Å²) >= 11 is 5.64. The Morgan fingerprint density at radius 1 is 1.52 bits per heavy atom. The maximum absolute atomic E-state index is 12.8. The number of ether oxygens (including phenoxy) is 1. The van der Waals surface area contributed by atoms with E-state index in [1.165, 1.54) is 6.20 Å². The summed E-state index contributed by atoms with van der Waals surface area (Å²) in [6.45, 7) is 5.30. The predicted molar refractivity (Wildman–Crippen MR) is 80.9 cm³/mol. The van der Waals surface area contributed by atoms with Gasteiger partial charge in [-0.05, 0) is 19.8 Å². The van der Waals surface area contributed by atoms with Crippen molar-refractivity contribution in [2.75, 3.05) is 19.0 Å². The summed E-state index contributed by atoms with van der Waals surface area (Å²) in [5.74, 6) is 0.529. The second-order valence-electron chi connectivity index (χ2n) is 5.26. The zero-order valence-electron chi connectivity index (χ0n) is 12.4. The van der Waals surface area contributed by atoms with Gasteiger partial charge >= 0.3 is 0 Å². The van der Waals surface area contributed by atoms with Crippen molar-refractivity contribution in [1.29, 1.82) is 0 Å². The van der Waals surface area contributed by atoms with E-state index in [2.05, 4.69) is 5.10 Å². The van der Waals surface area contributed by atoms with Crippen LogP contribution in [0.15, 0.2) is 17.3 Å². The lowest BCUT2D eigenvalue weighted by atomic mass is 10.2. The average Bonchev–Trinajstić information content (AvgIpc) is 2.94. The largest absolute Gasteiger partial charge is 0.375 e. The number of rotatable bonds is 6. The molecule has 1 aromatic rings. The fourth-order valence-electron chi connectivity index (χ4n) is 2.39. The van der Waals surface area contributed by atoms with Crippen LogP contribution in [0.1, 0.15) is 26.7 Å². The van der Waals surface area contributed by atoms with Crippen LogP contribution in [0, 0.1) is 0 Å². The van der Waals surface area contributed by atoms with Gasteiger partial charge in [0.2, 0.25) is 10.0 Å². The van der Waals surface area contributed by atoms with E-state index in [0.717, 1.165) is 12.8 Å². The number of nitrogens with zero attached hydrogens (tertiary/aromatic N) is 3. The van der Waals surface area contributed by atoms with Crippen molar-refractivity contribution in [3.63, 3.8) is 0 Å². The molecule has 0 aromatic carbocycles. The Hall–Kier alpha value is -0.630. The van der Waals surface area contributed by atoms with Gasteiger partial charge in [-0.15, -0.1) is 11.6 Å². The van der Waals surface area contributed by atoms with Gasteiger partial charge in [0.05, 0.1) is 18.9 Å². The van der Waals surface area contributed by atoms with Gasteiger partial charge in [0.1, 0.15) is 4.90 Å². The molecule has 1 aromatic heterocycles. The highest BCUT2D eigenvalue weighted by atomic mass is 35.5. The molecule has 6 nitrogen and oxygen atoms in total. The van der Waals surface area contributed by atoms with Crippen molar-refractivity contribution < 1.29 is 13.2 Å². The van der Waals surface area contributed by atoms with E-state index >= 15 is 0 Å². The molecule has 1 saturated heterocycles. The molecule has 21 heavy (non-hydrogen) atoms. The second kappa shape index (κ2) is 7.09. The Labute approximate surface area is 131 Å². The zero-order valence-corrected chi connectivity index (χ0v) is 14.0. The fourth-order valence-corrected chi connectivity index (χ4v) is 4.22. The van der Waals surface area contributed by atoms with Crippen LogP contribution in [0.4, 0.5) is 0 Å². The highest BCUT2D eigenvalue weighted by Gasteiger charge is 2.36. The second-order valence-corrected chi connectivity index (χ2v) is 7.53. The maximum atomic E-state index is 12.8.